The van der Waals surface area contributed by atoms with Gasteiger partial charge >= 0.3 is 21.1 Å². The fraction of sp³-hybridized carbons (Fsp3) is 1.00. The van der Waals surface area contributed by atoms with E-state index in [0.29, 0.717) is 52.9 Å². The fourth-order valence-corrected chi connectivity index (χ4v) is 9.41. The van der Waals surface area contributed by atoms with Crippen LogP contribution in [0.5, 0.6) is 0 Å². The minimum atomic E-state index is -2.34. The van der Waals surface area contributed by atoms with Gasteiger partial charge in [0.25, 0.3) is 0 Å². The SMILES string of the molecule is CCCCOP(=S)([S-])OCCCC.CCCCOP(=S)([S-])OCCCC.CCCCOP(=S)([S-])OCCCC.CCCCOP(=S)([S-])OCCCC.[Mo+4]. The summed E-state index contributed by atoms with van der Waals surface area (Å²) in [7, 11) is 0. The summed E-state index contributed by atoms with van der Waals surface area (Å²) in [5, 5.41) is 0. The largest absolute Gasteiger partial charge is 4.00 e. The van der Waals surface area contributed by atoms with Crippen molar-refractivity contribution in [2.75, 3.05) is 52.9 Å². The van der Waals surface area contributed by atoms with Crippen molar-refractivity contribution in [2.45, 2.75) is 158 Å². The molecule has 0 heterocycles. The van der Waals surface area contributed by atoms with Crippen molar-refractivity contribution in [3.63, 3.8) is 0 Å². The summed E-state index contributed by atoms with van der Waals surface area (Å²) in [6.07, 6.45) is 16.8. The molecule has 0 aliphatic rings. The molecule has 0 saturated carbocycles. The maximum atomic E-state index is 5.33. The summed E-state index contributed by atoms with van der Waals surface area (Å²) in [5.74, 6) is 0. The maximum Gasteiger partial charge on any atom is 4.00 e. The van der Waals surface area contributed by atoms with Gasteiger partial charge in [-0.25, -0.2) is 0 Å². The molecule has 0 amide bonds. The Balaban J connectivity index is -0.000000192. The van der Waals surface area contributed by atoms with Crippen LogP contribution in [-0.4, -0.2) is 52.9 Å². The van der Waals surface area contributed by atoms with Gasteiger partial charge in [-0.3, -0.25) is 0 Å². The van der Waals surface area contributed by atoms with Crippen molar-refractivity contribution in [1.29, 1.82) is 0 Å². The van der Waals surface area contributed by atoms with Crippen LogP contribution in [0.15, 0.2) is 0 Å². The van der Waals surface area contributed by atoms with Crippen molar-refractivity contribution in [2.24, 2.45) is 0 Å². The molecule has 0 fully saturated rings. The summed E-state index contributed by atoms with van der Waals surface area (Å²) >= 11 is 40.4. The van der Waals surface area contributed by atoms with E-state index in [2.05, 4.69) is 55.4 Å². The fourth-order valence-electron chi connectivity index (χ4n) is 2.71. The smallest absolute Gasteiger partial charge is 0.691 e. The van der Waals surface area contributed by atoms with E-state index in [4.69, 9.17) is 132 Å². The van der Waals surface area contributed by atoms with Gasteiger partial charge in [0.2, 0.25) is 0 Å². The van der Waals surface area contributed by atoms with Gasteiger partial charge < -0.3 is 85.2 Å². The Labute approximate surface area is 383 Å². The van der Waals surface area contributed by atoms with Crippen LogP contribution < -0.4 is 0 Å². The van der Waals surface area contributed by atoms with Gasteiger partial charge in [-0.15, -0.1) is 0 Å². The molecule has 21 heteroatoms. The monoisotopic (exact) mass is 1060 g/mol. The third kappa shape index (κ3) is 60.8. The van der Waals surface area contributed by atoms with E-state index in [0.717, 1.165) is 103 Å². The zero-order chi connectivity index (χ0) is 40.6. The van der Waals surface area contributed by atoms with Gasteiger partial charge in [-0.1, -0.05) is 154 Å². The Morgan fingerprint density at radius 1 is 0.283 bits per heavy atom. The predicted molar refractivity (Wildman–Crippen MR) is 253 cm³/mol. The van der Waals surface area contributed by atoms with E-state index in [-0.39, 0.29) is 21.1 Å². The second-order valence-corrected chi connectivity index (χ2v) is 31.2. The average molecular weight is 1060 g/mol. The molecule has 0 rings (SSSR count). The molecule has 0 N–H and O–H groups in total. The number of hydrogen-bond acceptors (Lipinski definition) is 16. The minimum Gasteiger partial charge on any atom is -0.691 e. The molecule has 0 saturated heterocycles. The second-order valence-electron chi connectivity index (χ2n) is 11.3. The number of unbranched alkanes of at least 4 members (excludes halogenated alkanes) is 8. The van der Waals surface area contributed by atoms with Crippen molar-refractivity contribution >= 4 is 119 Å². The first kappa shape index (κ1) is 66.5. The maximum absolute atomic E-state index is 5.33. The van der Waals surface area contributed by atoms with E-state index in [1.807, 2.05) is 0 Å². The molecular formula is C32H72MoO8P4S8. The summed E-state index contributed by atoms with van der Waals surface area (Å²) in [6, 6.07) is 0. The van der Waals surface area contributed by atoms with Crippen molar-refractivity contribution in [3.8, 4) is 0 Å². The summed E-state index contributed by atoms with van der Waals surface area (Å²) in [6.45, 7) is 22.0. The van der Waals surface area contributed by atoms with Crippen LogP contribution in [0.4, 0.5) is 0 Å². The second kappa shape index (κ2) is 47.4. The Morgan fingerprint density at radius 2 is 0.377 bits per heavy atom. The molecule has 0 aliphatic heterocycles. The van der Waals surface area contributed by atoms with Gasteiger partial charge in [0, 0.05) is 0 Å². The van der Waals surface area contributed by atoms with Crippen LogP contribution in [0.25, 0.3) is 0 Å². The van der Waals surface area contributed by atoms with Crippen molar-refractivity contribution < 1.29 is 57.3 Å². The van der Waals surface area contributed by atoms with Gasteiger partial charge in [0.05, 0.1) is 75.6 Å². The third-order valence-electron chi connectivity index (χ3n) is 5.98. The zero-order valence-electron chi connectivity index (χ0n) is 33.7. The van der Waals surface area contributed by atoms with Gasteiger partial charge in [0.1, 0.15) is 0 Å². The van der Waals surface area contributed by atoms with E-state index in [1.165, 1.54) is 0 Å². The van der Waals surface area contributed by atoms with Crippen LogP contribution in [-0.2, 0) is 153 Å². The minimum absolute atomic E-state index is 0. The summed E-state index contributed by atoms with van der Waals surface area (Å²) < 4.78 is 42.7. The van der Waals surface area contributed by atoms with Crippen molar-refractivity contribution in [3.05, 3.63) is 0 Å². The van der Waals surface area contributed by atoms with E-state index < -0.39 is 22.8 Å². The summed E-state index contributed by atoms with van der Waals surface area (Å²) in [4.78, 5) is 0. The number of rotatable bonds is 32. The molecule has 53 heavy (non-hydrogen) atoms. The van der Waals surface area contributed by atoms with Crippen LogP contribution in [0, 0.1) is 0 Å². The Bertz CT molecular complexity index is 752. The molecular weight excluding hydrogens is 989 g/mol. The Hall–Kier alpha value is 4.37. The summed E-state index contributed by atoms with van der Waals surface area (Å²) in [5.41, 5.74) is -9.34. The molecule has 0 atom stereocenters. The molecule has 8 nitrogen and oxygen atoms in total. The van der Waals surface area contributed by atoms with Crippen LogP contribution in [0.3, 0.4) is 0 Å². The predicted octanol–water partition coefficient (Wildman–Crippen LogP) is 13.6. The quantitative estimate of drug-likeness (QED) is 0.0277. The van der Waals surface area contributed by atoms with Crippen LogP contribution >= 0.6 is 22.8 Å². The normalized spacial score (nSPS) is 11.7. The molecule has 0 aromatic heterocycles. The number of hydrogen-bond donors (Lipinski definition) is 0. The first-order valence-electron chi connectivity index (χ1n) is 18.9. The zero-order valence-corrected chi connectivity index (χ0v) is 45.8. The molecule has 0 unspecified atom stereocenters. The van der Waals surface area contributed by atoms with Gasteiger partial charge in [0.15, 0.2) is 0 Å². The van der Waals surface area contributed by atoms with Crippen LogP contribution in [0.1, 0.15) is 158 Å². The Kier molecular flexibility index (Phi) is 59.5. The van der Waals surface area contributed by atoms with Gasteiger partial charge in [-0.2, -0.15) is 0 Å². The van der Waals surface area contributed by atoms with Crippen molar-refractivity contribution in [1.82, 2.24) is 0 Å². The molecule has 0 radical (unpaired) electrons. The molecule has 0 aromatic carbocycles. The van der Waals surface area contributed by atoms with E-state index in [1.54, 1.807) is 0 Å². The molecule has 0 aromatic rings. The molecule has 0 spiro atoms. The topological polar surface area (TPSA) is 73.8 Å². The average Bonchev–Trinajstić information content (AvgIpc) is 3.06. The molecule has 0 bridgehead atoms. The third-order valence-corrected chi connectivity index (χ3v) is 15.0. The van der Waals surface area contributed by atoms with Gasteiger partial charge in [-0.05, 0) is 51.4 Å². The first-order valence-corrected chi connectivity index (χ1v) is 33.5. The molecule has 322 valence electrons. The van der Waals surface area contributed by atoms with E-state index in [9.17, 15) is 0 Å². The first-order chi connectivity index (χ1) is 24.5. The standard InChI is InChI=1S/4C8H19O2PS2.Mo/c4*1-3-5-7-9-11(12,13)10-8-6-4-2;/h4*3-8H2,1-2H3,(H,12,13);/q;;;;+4/p-4. The van der Waals surface area contributed by atoms with E-state index >= 15 is 0 Å². The van der Waals surface area contributed by atoms with Crippen LogP contribution in [0.2, 0.25) is 0 Å². The Morgan fingerprint density at radius 3 is 0.453 bits per heavy atom. The molecule has 0 aliphatic carbocycles.